The van der Waals surface area contributed by atoms with E-state index in [4.69, 9.17) is 4.74 Å². The predicted molar refractivity (Wildman–Crippen MR) is 71.6 cm³/mol. The lowest BCUT2D eigenvalue weighted by Crippen LogP contribution is -2.31. The van der Waals surface area contributed by atoms with Crippen molar-refractivity contribution in [3.63, 3.8) is 0 Å². The molecule has 1 unspecified atom stereocenters. The molecule has 0 fully saturated rings. The highest BCUT2D eigenvalue weighted by Gasteiger charge is 2.03. The molecule has 0 aliphatic carbocycles. The van der Waals surface area contributed by atoms with Gasteiger partial charge in [-0.3, -0.25) is 5.10 Å². The molecular formula is C14H19N3O. The number of ether oxygens (including phenoxy) is 1. The SMILES string of the molecule is Cc1ccc(OCC(C)NCc2ccn[nH]2)cc1. The Morgan fingerprint density at radius 2 is 2.06 bits per heavy atom. The highest BCUT2D eigenvalue weighted by atomic mass is 16.5. The summed E-state index contributed by atoms with van der Waals surface area (Å²) < 4.78 is 5.70. The van der Waals surface area contributed by atoms with Gasteiger partial charge in [0, 0.05) is 24.5 Å². The maximum atomic E-state index is 5.70. The Balaban J connectivity index is 1.71. The first-order valence-corrected chi connectivity index (χ1v) is 6.15. The Labute approximate surface area is 107 Å². The van der Waals surface area contributed by atoms with Gasteiger partial charge in [-0.2, -0.15) is 5.10 Å². The first kappa shape index (κ1) is 12.6. The first-order chi connectivity index (χ1) is 8.74. The van der Waals surface area contributed by atoms with Crippen LogP contribution in [0, 0.1) is 6.92 Å². The quantitative estimate of drug-likeness (QED) is 0.821. The highest BCUT2D eigenvalue weighted by Crippen LogP contribution is 2.11. The van der Waals surface area contributed by atoms with Gasteiger partial charge in [-0.15, -0.1) is 0 Å². The standard InChI is InChI=1S/C14H19N3O/c1-11-3-5-14(6-4-11)18-10-12(2)15-9-13-7-8-16-17-13/h3-8,12,15H,9-10H2,1-2H3,(H,16,17). The third-order valence-corrected chi connectivity index (χ3v) is 2.72. The van der Waals surface area contributed by atoms with Gasteiger partial charge in [0.15, 0.2) is 0 Å². The maximum absolute atomic E-state index is 5.70. The molecule has 0 saturated heterocycles. The molecule has 2 rings (SSSR count). The summed E-state index contributed by atoms with van der Waals surface area (Å²) in [5, 5.41) is 10.2. The normalized spacial score (nSPS) is 12.3. The van der Waals surface area contributed by atoms with Crippen molar-refractivity contribution in [1.82, 2.24) is 15.5 Å². The van der Waals surface area contributed by atoms with Gasteiger partial charge in [-0.05, 0) is 32.0 Å². The minimum atomic E-state index is 0.287. The molecule has 2 N–H and O–H groups in total. The zero-order valence-corrected chi connectivity index (χ0v) is 10.8. The smallest absolute Gasteiger partial charge is 0.119 e. The summed E-state index contributed by atoms with van der Waals surface area (Å²) in [5.74, 6) is 0.913. The zero-order chi connectivity index (χ0) is 12.8. The second-order valence-electron chi connectivity index (χ2n) is 4.49. The molecule has 0 aliphatic heterocycles. The molecule has 0 aliphatic rings. The first-order valence-electron chi connectivity index (χ1n) is 6.15. The minimum absolute atomic E-state index is 0.287. The van der Waals surface area contributed by atoms with Crippen LogP contribution >= 0.6 is 0 Å². The van der Waals surface area contributed by atoms with Crippen LogP contribution in [0.2, 0.25) is 0 Å². The molecule has 4 nitrogen and oxygen atoms in total. The lowest BCUT2D eigenvalue weighted by molar-refractivity contribution is 0.272. The molecule has 18 heavy (non-hydrogen) atoms. The summed E-state index contributed by atoms with van der Waals surface area (Å²) in [6.07, 6.45) is 1.75. The van der Waals surface area contributed by atoms with Crippen LogP contribution in [0.1, 0.15) is 18.2 Å². The second-order valence-corrected chi connectivity index (χ2v) is 4.49. The van der Waals surface area contributed by atoms with E-state index in [0.29, 0.717) is 6.61 Å². The van der Waals surface area contributed by atoms with Gasteiger partial charge in [0.1, 0.15) is 12.4 Å². The number of H-pyrrole nitrogens is 1. The van der Waals surface area contributed by atoms with E-state index in [-0.39, 0.29) is 6.04 Å². The fourth-order valence-corrected chi connectivity index (χ4v) is 1.58. The lowest BCUT2D eigenvalue weighted by Gasteiger charge is -2.14. The molecule has 0 amide bonds. The van der Waals surface area contributed by atoms with Gasteiger partial charge in [0.2, 0.25) is 0 Å². The number of aromatic amines is 1. The van der Waals surface area contributed by atoms with Crippen molar-refractivity contribution in [2.45, 2.75) is 26.4 Å². The highest BCUT2D eigenvalue weighted by molar-refractivity contribution is 5.26. The number of rotatable bonds is 6. The van der Waals surface area contributed by atoms with Crippen molar-refractivity contribution in [2.75, 3.05) is 6.61 Å². The van der Waals surface area contributed by atoms with Crippen LogP contribution in [-0.4, -0.2) is 22.8 Å². The molecule has 0 spiro atoms. The van der Waals surface area contributed by atoms with Gasteiger partial charge in [0.25, 0.3) is 0 Å². The van der Waals surface area contributed by atoms with Gasteiger partial charge in [-0.1, -0.05) is 17.7 Å². The maximum Gasteiger partial charge on any atom is 0.119 e. The van der Waals surface area contributed by atoms with Crippen LogP contribution in [0.4, 0.5) is 0 Å². The Morgan fingerprint density at radius 1 is 1.28 bits per heavy atom. The van der Waals surface area contributed by atoms with E-state index in [1.807, 2.05) is 18.2 Å². The van der Waals surface area contributed by atoms with E-state index >= 15 is 0 Å². The van der Waals surface area contributed by atoms with E-state index in [0.717, 1.165) is 18.0 Å². The van der Waals surface area contributed by atoms with Crippen LogP contribution < -0.4 is 10.1 Å². The average Bonchev–Trinajstić information content (AvgIpc) is 2.89. The number of nitrogens with one attached hydrogen (secondary N) is 2. The summed E-state index contributed by atoms with van der Waals surface area (Å²) in [7, 11) is 0. The number of hydrogen-bond donors (Lipinski definition) is 2. The molecule has 1 heterocycles. The van der Waals surface area contributed by atoms with Crippen LogP contribution in [0.25, 0.3) is 0 Å². The van der Waals surface area contributed by atoms with Crippen LogP contribution in [-0.2, 0) is 6.54 Å². The summed E-state index contributed by atoms with van der Waals surface area (Å²) in [6.45, 7) is 5.60. The number of hydrogen-bond acceptors (Lipinski definition) is 3. The van der Waals surface area contributed by atoms with E-state index in [1.165, 1.54) is 5.56 Å². The fraction of sp³-hybridized carbons (Fsp3) is 0.357. The molecule has 1 aromatic heterocycles. The molecule has 0 saturated carbocycles. The zero-order valence-electron chi connectivity index (χ0n) is 10.8. The second kappa shape index (κ2) is 6.21. The van der Waals surface area contributed by atoms with Crippen molar-refractivity contribution in [3.8, 4) is 5.75 Å². The lowest BCUT2D eigenvalue weighted by atomic mass is 10.2. The molecule has 4 heteroatoms. The molecule has 2 aromatic rings. The van der Waals surface area contributed by atoms with E-state index in [9.17, 15) is 0 Å². The van der Waals surface area contributed by atoms with Gasteiger partial charge >= 0.3 is 0 Å². The molecule has 0 bridgehead atoms. The van der Waals surface area contributed by atoms with Gasteiger partial charge in [0.05, 0.1) is 0 Å². The van der Waals surface area contributed by atoms with Crippen LogP contribution in [0.3, 0.4) is 0 Å². The van der Waals surface area contributed by atoms with Crippen molar-refractivity contribution >= 4 is 0 Å². The summed E-state index contributed by atoms with van der Waals surface area (Å²) in [6, 6.07) is 10.3. The largest absolute Gasteiger partial charge is 0.492 e. The number of nitrogens with zero attached hydrogens (tertiary/aromatic N) is 1. The number of aromatic nitrogens is 2. The number of aryl methyl sites for hydroxylation is 1. The topological polar surface area (TPSA) is 49.9 Å². The van der Waals surface area contributed by atoms with Crippen molar-refractivity contribution in [3.05, 3.63) is 47.8 Å². The van der Waals surface area contributed by atoms with E-state index < -0.39 is 0 Å². The van der Waals surface area contributed by atoms with E-state index in [1.54, 1.807) is 6.20 Å². The van der Waals surface area contributed by atoms with Crippen LogP contribution in [0.15, 0.2) is 36.5 Å². The number of benzene rings is 1. The third kappa shape index (κ3) is 3.89. The predicted octanol–water partition coefficient (Wildman–Crippen LogP) is 2.28. The Morgan fingerprint density at radius 3 is 2.72 bits per heavy atom. The minimum Gasteiger partial charge on any atom is -0.492 e. The Bertz CT molecular complexity index is 450. The fourth-order valence-electron chi connectivity index (χ4n) is 1.58. The average molecular weight is 245 g/mol. The van der Waals surface area contributed by atoms with Crippen molar-refractivity contribution in [2.24, 2.45) is 0 Å². The molecule has 96 valence electrons. The Hall–Kier alpha value is -1.81. The van der Waals surface area contributed by atoms with Crippen molar-refractivity contribution < 1.29 is 4.74 Å². The van der Waals surface area contributed by atoms with E-state index in [2.05, 4.69) is 41.5 Å². The third-order valence-electron chi connectivity index (χ3n) is 2.72. The molecule has 0 radical (unpaired) electrons. The molecule has 1 aromatic carbocycles. The van der Waals surface area contributed by atoms with Gasteiger partial charge in [-0.25, -0.2) is 0 Å². The molecule has 1 atom stereocenters. The molecular weight excluding hydrogens is 226 g/mol. The van der Waals surface area contributed by atoms with Gasteiger partial charge < -0.3 is 10.1 Å². The summed E-state index contributed by atoms with van der Waals surface area (Å²) in [4.78, 5) is 0. The Kier molecular flexibility index (Phi) is 4.36. The summed E-state index contributed by atoms with van der Waals surface area (Å²) >= 11 is 0. The monoisotopic (exact) mass is 245 g/mol. The van der Waals surface area contributed by atoms with Crippen LogP contribution in [0.5, 0.6) is 5.75 Å². The van der Waals surface area contributed by atoms with Crippen molar-refractivity contribution in [1.29, 1.82) is 0 Å². The summed E-state index contributed by atoms with van der Waals surface area (Å²) in [5.41, 5.74) is 2.32.